The van der Waals surface area contributed by atoms with Crippen LogP contribution in [0, 0.1) is 0 Å². The Labute approximate surface area is 229 Å². The smallest absolute Gasteiger partial charge is 0.255 e. The third-order valence-electron chi connectivity index (χ3n) is 6.39. The Balaban J connectivity index is 1.36. The second-order valence-electron chi connectivity index (χ2n) is 9.05. The van der Waals surface area contributed by atoms with E-state index in [-0.39, 0.29) is 13.2 Å². The van der Waals surface area contributed by atoms with Gasteiger partial charge in [-0.2, -0.15) is 0 Å². The predicted octanol–water partition coefficient (Wildman–Crippen LogP) is 5.58. The lowest BCUT2D eigenvalue weighted by molar-refractivity contribution is -0.119. The van der Waals surface area contributed by atoms with Crippen molar-refractivity contribution in [2.24, 2.45) is 5.73 Å². The van der Waals surface area contributed by atoms with E-state index in [0.717, 1.165) is 51.3 Å². The van der Waals surface area contributed by atoms with Crippen LogP contribution in [0.15, 0.2) is 53.0 Å². The van der Waals surface area contributed by atoms with Crippen molar-refractivity contribution in [3.05, 3.63) is 69.2 Å². The van der Waals surface area contributed by atoms with Crippen LogP contribution < -0.4 is 24.7 Å². The lowest BCUT2D eigenvalue weighted by Gasteiger charge is -2.20. The number of nitrogens with two attached hydrogens (primary N) is 1. The minimum absolute atomic E-state index is 0.211. The number of carbonyl (C=O) groups is 1. The Morgan fingerprint density at radius 2 is 1.76 bits per heavy atom. The van der Waals surface area contributed by atoms with Gasteiger partial charge in [0.15, 0.2) is 18.1 Å². The number of hydrogen-bond acceptors (Lipinski definition) is 6. The first-order valence-electron chi connectivity index (χ1n) is 12.2. The minimum atomic E-state index is -0.538. The van der Waals surface area contributed by atoms with E-state index < -0.39 is 5.91 Å². The zero-order valence-electron chi connectivity index (χ0n) is 20.3. The van der Waals surface area contributed by atoms with Crippen LogP contribution in [0.1, 0.15) is 24.0 Å². The molecule has 0 bridgehead atoms. The van der Waals surface area contributed by atoms with Crippen molar-refractivity contribution in [3.63, 3.8) is 0 Å². The van der Waals surface area contributed by atoms with Crippen molar-refractivity contribution in [2.75, 3.05) is 32.9 Å². The van der Waals surface area contributed by atoms with Crippen LogP contribution in [0.2, 0.25) is 5.02 Å². The number of hydrogen-bond donors (Lipinski definition) is 1. The highest BCUT2D eigenvalue weighted by molar-refractivity contribution is 9.10. The van der Waals surface area contributed by atoms with Gasteiger partial charge < -0.3 is 24.7 Å². The van der Waals surface area contributed by atoms with Crippen molar-refractivity contribution < 1.29 is 23.7 Å². The van der Waals surface area contributed by atoms with Gasteiger partial charge in [-0.15, -0.1) is 0 Å². The number of amides is 1. The van der Waals surface area contributed by atoms with Gasteiger partial charge in [0.25, 0.3) is 5.91 Å². The number of primary amides is 1. The third kappa shape index (κ3) is 6.14. The van der Waals surface area contributed by atoms with Crippen LogP contribution >= 0.6 is 27.5 Å². The number of halogens is 2. The summed E-state index contributed by atoms with van der Waals surface area (Å²) in [7, 11) is 0. The number of fused-ring (bicyclic) bond motifs is 1. The first-order chi connectivity index (χ1) is 18.0. The fourth-order valence-corrected chi connectivity index (χ4v) is 5.40. The van der Waals surface area contributed by atoms with Crippen LogP contribution in [-0.4, -0.2) is 43.7 Å². The van der Waals surface area contributed by atoms with Gasteiger partial charge in [-0.1, -0.05) is 35.9 Å². The summed E-state index contributed by atoms with van der Waals surface area (Å²) >= 11 is 10.4. The molecule has 0 saturated carbocycles. The maximum atomic E-state index is 11.4. The van der Waals surface area contributed by atoms with E-state index in [9.17, 15) is 4.79 Å². The summed E-state index contributed by atoms with van der Waals surface area (Å²) < 4.78 is 24.2. The van der Waals surface area contributed by atoms with E-state index in [1.165, 1.54) is 12.8 Å². The van der Waals surface area contributed by atoms with Gasteiger partial charge in [-0.05, 0) is 71.2 Å². The van der Waals surface area contributed by atoms with Gasteiger partial charge in [-0.3, -0.25) is 9.69 Å². The molecule has 37 heavy (non-hydrogen) atoms. The summed E-state index contributed by atoms with van der Waals surface area (Å²) in [5.74, 6) is 1.98. The molecule has 2 heterocycles. The summed E-state index contributed by atoms with van der Waals surface area (Å²) in [6, 6.07) is 15.5. The largest absolute Gasteiger partial charge is 0.487 e. The topological polar surface area (TPSA) is 83.3 Å². The van der Waals surface area contributed by atoms with E-state index >= 15 is 0 Å². The van der Waals surface area contributed by atoms with Gasteiger partial charge in [0.1, 0.15) is 31.3 Å². The molecule has 2 aliphatic heterocycles. The third-order valence-corrected chi connectivity index (χ3v) is 7.62. The van der Waals surface area contributed by atoms with Crippen LogP contribution in [-0.2, 0) is 17.9 Å². The van der Waals surface area contributed by atoms with E-state index in [0.29, 0.717) is 36.3 Å². The van der Waals surface area contributed by atoms with Crippen LogP contribution in [0.4, 0.5) is 0 Å². The molecule has 5 rings (SSSR count). The van der Waals surface area contributed by atoms with Gasteiger partial charge in [0.2, 0.25) is 0 Å². The maximum absolute atomic E-state index is 11.4. The molecule has 7 nitrogen and oxygen atoms in total. The van der Waals surface area contributed by atoms with Crippen LogP contribution in [0.3, 0.4) is 0 Å². The Bertz CT molecular complexity index is 1300. The Morgan fingerprint density at radius 1 is 0.973 bits per heavy atom. The number of likely N-dealkylation sites (tertiary alicyclic amines) is 1. The molecular formula is C28H28BrClN2O5. The average Bonchev–Trinajstić information content (AvgIpc) is 3.41. The maximum Gasteiger partial charge on any atom is 0.255 e. The second-order valence-corrected chi connectivity index (χ2v) is 10.3. The molecule has 1 amide bonds. The SMILES string of the molecule is NC(=O)COc1cc(OCc2cccc(-c3ccc4c(c3)OCCO4)c2Br)c(Cl)cc1CN1CCCC1. The second kappa shape index (κ2) is 11.6. The predicted molar refractivity (Wildman–Crippen MR) is 146 cm³/mol. The van der Waals surface area contributed by atoms with Crippen LogP contribution in [0.25, 0.3) is 11.1 Å². The van der Waals surface area contributed by atoms with E-state index in [1.54, 1.807) is 6.07 Å². The van der Waals surface area contributed by atoms with E-state index in [4.69, 9.17) is 36.3 Å². The zero-order chi connectivity index (χ0) is 25.8. The monoisotopic (exact) mass is 586 g/mol. The summed E-state index contributed by atoms with van der Waals surface area (Å²) in [4.78, 5) is 13.7. The molecule has 2 N–H and O–H groups in total. The van der Waals surface area contributed by atoms with Crippen molar-refractivity contribution in [3.8, 4) is 34.1 Å². The Morgan fingerprint density at radius 3 is 2.54 bits per heavy atom. The number of ether oxygens (including phenoxy) is 4. The van der Waals surface area contributed by atoms with Crippen LogP contribution in [0.5, 0.6) is 23.0 Å². The molecule has 0 spiro atoms. The number of carbonyl (C=O) groups excluding carboxylic acids is 1. The van der Waals surface area contributed by atoms with Crippen molar-refractivity contribution in [1.29, 1.82) is 0 Å². The lowest BCUT2D eigenvalue weighted by atomic mass is 10.0. The first-order valence-corrected chi connectivity index (χ1v) is 13.4. The fraction of sp³-hybridized carbons (Fsp3) is 0.321. The van der Waals surface area contributed by atoms with Crippen molar-refractivity contribution in [1.82, 2.24) is 4.90 Å². The first kappa shape index (κ1) is 25.7. The molecule has 1 saturated heterocycles. The molecule has 0 radical (unpaired) electrons. The van der Waals surface area contributed by atoms with Gasteiger partial charge in [0, 0.05) is 28.2 Å². The molecule has 3 aromatic rings. The molecule has 1 fully saturated rings. The lowest BCUT2D eigenvalue weighted by Crippen LogP contribution is -2.22. The highest BCUT2D eigenvalue weighted by atomic mass is 79.9. The standard InChI is InChI=1S/C28H28BrClN2O5/c29-28-19(4-3-5-21(28)18-6-7-23-26(13-18)35-11-10-34-23)16-36-25-14-24(37-17-27(31)33)20(12-22(25)30)15-32-8-1-2-9-32/h3-7,12-14H,1-2,8-11,15-17H2,(H2,31,33). The quantitative estimate of drug-likeness (QED) is 0.352. The number of rotatable bonds is 9. The highest BCUT2D eigenvalue weighted by Crippen LogP contribution is 2.39. The summed E-state index contributed by atoms with van der Waals surface area (Å²) in [5, 5.41) is 0.486. The molecule has 3 aromatic carbocycles. The zero-order valence-corrected chi connectivity index (χ0v) is 22.6. The number of benzene rings is 3. The Kier molecular flexibility index (Phi) is 8.08. The molecule has 0 aromatic heterocycles. The summed E-state index contributed by atoms with van der Waals surface area (Å²) in [5.41, 5.74) is 9.19. The molecular weight excluding hydrogens is 560 g/mol. The van der Waals surface area contributed by atoms with E-state index in [1.807, 2.05) is 42.5 Å². The van der Waals surface area contributed by atoms with Crippen molar-refractivity contribution >= 4 is 33.4 Å². The molecule has 0 aliphatic carbocycles. The summed E-state index contributed by atoms with van der Waals surface area (Å²) in [6.45, 7) is 3.90. The van der Waals surface area contributed by atoms with Gasteiger partial charge in [0.05, 0.1) is 5.02 Å². The molecule has 0 atom stereocenters. The average molecular weight is 588 g/mol. The highest BCUT2D eigenvalue weighted by Gasteiger charge is 2.19. The van der Waals surface area contributed by atoms with Crippen molar-refractivity contribution in [2.45, 2.75) is 26.0 Å². The summed E-state index contributed by atoms with van der Waals surface area (Å²) in [6.07, 6.45) is 2.35. The molecule has 9 heteroatoms. The molecule has 0 unspecified atom stereocenters. The fourth-order valence-electron chi connectivity index (χ4n) is 4.56. The van der Waals surface area contributed by atoms with Gasteiger partial charge >= 0.3 is 0 Å². The normalized spacial score (nSPS) is 15.0. The van der Waals surface area contributed by atoms with E-state index in [2.05, 4.69) is 20.8 Å². The number of nitrogens with zero attached hydrogens (tertiary/aromatic N) is 1. The molecule has 2 aliphatic rings. The van der Waals surface area contributed by atoms with Gasteiger partial charge in [-0.25, -0.2) is 0 Å². The Hall–Kier alpha value is -2.94. The minimum Gasteiger partial charge on any atom is -0.487 e. The molecule has 194 valence electrons.